The quantitative estimate of drug-likeness (QED) is 0.758. The molecule has 0 unspecified atom stereocenters. The molecule has 0 aromatic heterocycles. The fourth-order valence-corrected chi connectivity index (χ4v) is 2.02. The number of nitrogens with one attached hydrogen (secondary N) is 3. The minimum atomic E-state index is -0.382. The van der Waals surface area contributed by atoms with Crippen molar-refractivity contribution in [2.75, 3.05) is 20.1 Å². The van der Waals surface area contributed by atoms with Crippen molar-refractivity contribution in [1.29, 1.82) is 0 Å². The maximum Gasteiger partial charge on any atom is 0.314 e. The summed E-state index contributed by atoms with van der Waals surface area (Å²) in [6.07, 6.45) is 0.660. The van der Waals surface area contributed by atoms with Gasteiger partial charge in [-0.15, -0.1) is 0 Å². The second kappa shape index (κ2) is 8.01. The smallest absolute Gasteiger partial charge is 0.314 e. The summed E-state index contributed by atoms with van der Waals surface area (Å²) in [6, 6.07) is 5.13. The van der Waals surface area contributed by atoms with E-state index in [2.05, 4.69) is 31.9 Å². The van der Waals surface area contributed by atoms with Gasteiger partial charge in [0, 0.05) is 23.1 Å². The molecule has 1 aromatic carbocycles. The molecule has 104 valence electrons. The van der Waals surface area contributed by atoms with Crippen LogP contribution in [0.15, 0.2) is 22.7 Å². The van der Waals surface area contributed by atoms with Gasteiger partial charge in [-0.2, -0.15) is 0 Å². The molecule has 0 saturated carbocycles. The fourth-order valence-electron chi connectivity index (χ4n) is 1.38. The highest BCUT2D eigenvalue weighted by Crippen LogP contribution is 2.21. The van der Waals surface area contributed by atoms with E-state index in [1.807, 2.05) is 12.1 Å². The maximum absolute atomic E-state index is 11.4. The third kappa shape index (κ3) is 5.94. The predicted molar refractivity (Wildman–Crippen MR) is 78.3 cm³/mol. The zero-order valence-electron chi connectivity index (χ0n) is 10.4. The Labute approximate surface area is 125 Å². The molecule has 5 nitrogen and oxygen atoms in total. The van der Waals surface area contributed by atoms with Gasteiger partial charge in [-0.05, 0) is 30.2 Å². The van der Waals surface area contributed by atoms with E-state index in [0.717, 1.165) is 10.0 Å². The Balaban J connectivity index is 2.32. The van der Waals surface area contributed by atoms with Crippen molar-refractivity contribution < 1.29 is 9.59 Å². The van der Waals surface area contributed by atoms with Crippen LogP contribution in [0.3, 0.4) is 0 Å². The number of hydrogen-bond acceptors (Lipinski definition) is 2. The molecule has 3 amide bonds. The van der Waals surface area contributed by atoms with Gasteiger partial charge in [-0.25, -0.2) is 4.79 Å². The van der Waals surface area contributed by atoms with Crippen LogP contribution in [0.1, 0.15) is 5.56 Å². The molecule has 0 aliphatic heterocycles. The Morgan fingerprint density at radius 3 is 2.74 bits per heavy atom. The van der Waals surface area contributed by atoms with E-state index in [0.29, 0.717) is 18.0 Å². The van der Waals surface area contributed by atoms with Gasteiger partial charge in [0.2, 0.25) is 5.91 Å². The third-order valence-electron chi connectivity index (χ3n) is 2.36. The van der Waals surface area contributed by atoms with Crippen molar-refractivity contribution in [1.82, 2.24) is 16.0 Å². The first-order chi connectivity index (χ1) is 9.02. The lowest BCUT2D eigenvalue weighted by Gasteiger charge is -2.08. The van der Waals surface area contributed by atoms with Gasteiger partial charge in [-0.3, -0.25) is 4.79 Å². The van der Waals surface area contributed by atoms with E-state index < -0.39 is 0 Å². The number of hydrogen-bond donors (Lipinski definition) is 3. The molecule has 0 aliphatic carbocycles. The molecule has 1 rings (SSSR count). The first kappa shape index (κ1) is 15.8. The van der Waals surface area contributed by atoms with E-state index in [1.54, 1.807) is 6.07 Å². The van der Waals surface area contributed by atoms with Crippen LogP contribution < -0.4 is 16.0 Å². The van der Waals surface area contributed by atoms with Crippen LogP contribution >= 0.6 is 27.5 Å². The number of halogens is 2. The van der Waals surface area contributed by atoms with E-state index in [-0.39, 0.29) is 18.5 Å². The SMILES string of the molecule is CNC(=O)NCC(=O)NCCc1cc(Cl)ccc1Br. The molecule has 7 heteroatoms. The Hall–Kier alpha value is -1.27. The van der Waals surface area contributed by atoms with Gasteiger partial charge in [0.25, 0.3) is 0 Å². The number of benzene rings is 1. The van der Waals surface area contributed by atoms with Crippen LogP contribution in [0.4, 0.5) is 4.79 Å². The zero-order valence-corrected chi connectivity index (χ0v) is 12.8. The zero-order chi connectivity index (χ0) is 14.3. The summed E-state index contributed by atoms with van der Waals surface area (Å²) in [4.78, 5) is 22.3. The summed E-state index contributed by atoms with van der Waals surface area (Å²) < 4.78 is 0.953. The Morgan fingerprint density at radius 1 is 1.32 bits per heavy atom. The number of carbonyl (C=O) groups is 2. The molecule has 0 aliphatic rings. The summed E-state index contributed by atoms with van der Waals surface area (Å²) in [5.41, 5.74) is 1.02. The first-order valence-corrected chi connectivity index (χ1v) is 6.86. The lowest BCUT2D eigenvalue weighted by atomic mass is 10.1. The van der Waals surface area contributed by atoms with Gasteiger partial charge in [-0.1, -0.05) is 27.5 Å². The standard InChI is InChI=1S/C12H15BrClN3O2/c1-15-12(19)17-7-11(18)16-5-4-8-6-9(14)2-3-10(8)13/h2-3,6H,4-5,7H2,1H3,(H,16,18)(H2,15,17,19). The second-order valence-corrected chi connectivity index (χ2v) is 5.06. The molecule has 1 aromatic rings. The Kier molecular flexibility index (Phi) is 6.66. The molecule has 0 heterocycles. The normalized spacial score (nSPS) is 9.84. The monoisotopic (exact) mass is 347 g/mol. The number of urea groups is 1. The topological polar surface area (TPSA) is 70.2 Å². The minimum Gasteiger partial charge on any atom is -0.354 e. The third-order valence-corrected chi connectivity index (χ3v) is 3.37. The van der Waals surface area contributed by atoms with Crippen LogP contribution in [0.2, 0.25) is 5.02 Å². The summed E-state index contributed by atoms with van der Waals surface area (Å²) in [7, 11) is 1.49. The van der Waals surface area contributed by atoms with E-state index in [1.165, 1.54) is 7.05 Å². The van der Waals surface area contributed by atoms with Gasteiger partial charge >= 0.3 is 6.03 Å². The summed E-state index contributed by atoms with van der Waals surface area (Å²) in [5, 5.41) is 8.14. The molecule has 0 fully saturated rings. The molecule has 0 radical (unpaired) electrons. The molecular formula is C12H15BrClN3O2. The van der Waals surface area contributed by atoms with Crippen LogP contribution in [-0.4, -0.2) is 32.1 Å². The summed E-state index contributed by atoms with van der Waals surface area (Å²) in [6.45, 7) is 0.434. The van der Waals surface area contributed by atoms with E-state index in [4.69, 9.17) is 11.6 Å². The number of carbonyl (C=O) groups excluding carboxylic acids is 2. The van der Waals surface area contributed by atoms with Gasteiger partial charge in [0.05, 0.1) is 6.54 Å². The molecule has 0 atom stereocenters. The van der Waals surface area contributed by atoms with E-state index in [9.17, 15) is 9.59 Å². The molecule has 3 N–H and O–H groups in total. The van der Waals surface area contributed by atoms with Crippen molar-refractivity contribution in [2.45, 2.75) is 6.42 Å². The second-order valence-electron chi connectivity index (χ2n) is 3.77. The lowest BCUT2D eigenvalue weighted by molar-refractivity contribution is -0.120. The maximum atomic E-state index is 11.4. The Bertz CT molecular complexity index is 468. The van der Waals surface area contributed by atoms with Crippen LogP contribution in [0.5, 0.6) is 0 Å². The van der Waals surface area contributed by atoms with Crippen LogP contribution in [0, 0.1) is 0 Å². The summed E-state index contributed by atoms with van der Waals surface area (Å²) >= 11 is 9.32. The molecule has 0 spiro atoms. The average molecular weight is 349 g/mol. The molecular weight excluding hydrogens is 334 g/mol. The largest absolute Gasteiger partial charge is 0.354 e. The molecule has 0 bridgehead atoms. The highest BCUT2D eigenvalue weighted by Gasteiger charge is 2.05. The van der Waals surface area contributed by atoms with Gasteiger partial charge in [0.1, 0.15) is 0 Å². The molecule has 0 saturated heterocycles. The number of amides is 3. The molecule has 19 heavy (non-hydrogen) atoms. The van der Waals surface area contributed by atoms with Crippen molar-refractivity contribution in [3.05, 3.63) is 33.3 Å². The van der Waals surface area contributed by atoms with E-state index >= 15 is 0 Å². The van der Waals surface area contributed by atoms with Gasteiger partial charge < -0.3 is 16.0 Å². The predicted octanol–water partition coefficient (Wildman–Crippen LogP) is 1.69. The van der Waals surface area contributed by atoms with Crippen LogP contribution in [-0.2, 0) is 11.2 Å². The minimum absolute atomic E-state index is 0.0452. The van der Waals surface area contributed by atoms with Crippen molar-refractivity contribution >= 4 is 39.5 Å². The highest BCUT2D eigenvalue weighted by molar-refractivity contribution is 9.10. The summed E-state index contributed by atoms with van der Waals surface area (Å²) in [5.74, 6) is -0.234. The Morgan fingerprint density at radius 2 is 2.05 bits per heavy atom. The number of rotatable bonds is 5. The van der Waals surface area contributed by atoms with Gasteiger partial charge in [0.15, 0.2) is 0 Å². The van der Waals surface area contributed by atoms with Crippen molar-refractivity contribution in [3.8, 4) is 0 Å². The van der Waals surface area contributed by atoms with Crippen molar-refractivity contribution in [3.63, 3.8) is 0 Å². The highest BCUT2D eigenvalue weighted by atomic mass is 79.9. The van der Waals surface area contributed by atoms with Crippen molar-refractivity contribution in [2.24, 2.45) is 0 Å². The first-order valence-electron chi connectivity index (χ1n) is 5.69. The lowest BCUT2D eigenvalue weighted by Crippen LogP contribution is -2.41. The fraction of sp³-hybridized carbons (Fsp3) is 0.333. The van der Waals surface area contributed by atoms with Crippen LogP contribution in [0.25, 0.3) is 0 Å². The average Bonchev–Trinajstić information content (AvgIpc) is 2.40.